The molecule has 0 aliphatic rings. The zero-order valence-corrected chi connectivity index (χ0v) is 11.4. The predicted molar refractivity (Wildman–Crippen MR) is 73.8 cm³/mol. The Bertz CT molecular complexity index is 408. The van der Waals surface area contributed by atoms with Gasteiger partial charge in [-0.1, -0.05) is 31.5 Å². The number of nitrogens with one attached hydrogen (secondary N) is 2. The molecule has 1 aromatic rings. The van der Waals surface area contributed by atoms with Gasteiger partial charge in [0.25, 0.3) is 0 Å². The van der Waals surface area contributed by atoms with Crippen molar-refractivity contribution in [3.63, 3.8) is 0 Å². The molecule has 0 spiro atoms. The molecular weight excluding hydrogens is 252 g/mol. The first-order valence-corrected chi connectivity index (χ1v) is 6.18. The highest BCUT2D eigenvalue weighted by atomic mass is 35.5. The van der Waals surface area contributed by atoms with E-state index in [4.69, 9.17) is 16.7 Å². The second kappa shape index (κ2) is 6.73. The maximum Gasteiger partial charge on any atom is 0.238 e. The van der Waals surface area contributed by atoms with Crippen LogP contribution in [-0.2, 0) is 4.79 Å². The first kappa shape index (κ1) is 15.0. The van der Waals surface area contributed by atoms with E-state index >= 15 is 0 Å². The van der Waals surface area contributed by atoms with Crippen LogP contribution in [0.4, 0.5) is 5.69 Å². The molecule has 0 saturated heterocycles. The van der Waals surface area contributed by atoms with Crippen molar-refractivity contribution in [1.29, 1.82) is 0 Å². The third-order valence-electron chi connectivity index (χ3n) is 2.43. The summed E-state index contributed by atoms with van der Waals surface area (Å²) < 4.78 is 0. The van der Waals surface area contributed by atoms with Crippen molar-refractivity contribution < 1.29 is 9.90 Å². The topological polar surface area (TPSA) is 61.4 Å². The molecular formula is C13H19ClN2O2. The van der Waals surface area contributed by atoms with E-state index in [1.165, 1.54) is 0 Å². The van der Waals surface area contributed by atoms with E-state index in [1.807, 2.05) is 13.8 Å². The van der Waals surface area contributed by atoms with Crippen molar-refractivity contribution in [1.82, 2.24) is 5.32 Å². The molecule has 1 amide bonds. The summed E-state index contributed by atoms with van der Waals surface area (Å²) in [6.07, 6.45) is 0. The Morgan fingerprint density at radius 3 is 2.78 bits per heavy atom. The number of hydrogen-bond acceptors (Lipinski definition) is 3. The van der Waals surface area contributed by atoms with Crippen LogP contribution in [0.2, 0.25) is 5.02 Å². The zero-order valence-electron chi connectivity index (χ0n) is 10.7. The fourth-order valence-electron chi connectivity index (χ4n) is 1.34. The van der Waals surface area contributed by atoms with Crippen molar-refractivity contribution in [3.8, 4) is 0 Å². The van der Waals surface area contributed by atoms with Crippen LogP contribution in [0.25, 0.3) is 0 Å². The monoisotopic (exact) mass is 270 g/mol. The lowest BCUT2D eigenvalue weighted by atomic mass is 9.95. The van der Waals surface area contributed by atoms with Crippen LogP contribution >= 0.6 is 11.6 Å². The number of amides is 1. The predicted octanol–water partition coefficient (Wildman–Crippen LogP) is 1.89. The van der Waals surface area contributed by atoms with Crippen molar-refractivity contribution in [3.05, 3.63) is 29.3 Å². The van der Waals surface area contributed by atoms with Gasteiger partial charge in [-0.25, -0.2) is 0 Å². The summed E-state index contributed by atoms with van der Waals surface area (Å²) in [4.78, 5) is 11.6. The van der Waals surface area contributed by atoms with E-state index in [0.29, 0.717) is 17.3 Å². The van der Waals surface area contributed by atoms with Gasteiger partial charge < -0.3 is 15.7 Å². The summed E-state index contributed by atoms with van der Waals surface area (Å²) >= 11 is 5.82. The molecule has 0 unspecified atom stereocenters. The molecule has 0 bridgehead atoms. The highest BCUT2D eigenvalue weighted by Crippen LogP contribution is 2.14. The minimum Gasteiger partial charge on any atom is -0.396 e. The normalized spacial score (nSPS) is 11.3. The first-order valence-electron chi connectivity index (χ1n) is 5.80. The molecule has 0 aliphatic heterocycles. The molecule has 5 heteroatoms. The van der Waals surface area contributed by atoms with Gasteiger partial charge in [-0.2, -0.15) is 0 Å². The van der Waals surface area contributed by atoms with Crippen LogP contribution in [0.3, 0.4) is 0 Å². The molecule has 0 aliphatic carbocycles. The Balaban J connectivity index is 2.34. The van der Waals surface area contributed by atoms with E-state index in [-0.39, 0.29) is 24.5 Å². The van der Waals surface area contributed by atoms with Crippen molar-refractivity contribution in [2.75, 3.05) is 25.0 Å². The number of hydrogen-bond donors (Lipinski definition) is 3. The molecule has 0 aromatic heterocycles. The molecule has 4 nitrogen and oxygen atoms in total. The molecule has 100 valence electrons. The van der Waals surface area contributed by atoms with Gasteiger partial charge in [-0.15, -0.1) is 0 Å². The Morgan fingerprint density at radius 1 is 1.44 bits per heavy atom. The lowest BCUT2D eigenvalue weighted by Crippen LogP contribution is -2.36. The fourth-order valence-corrected chi connectivity index (χ4v) is 1.53. The summed E-state index contributed by atoms with van der Waals surface area (Å²) in [5, 5.41) is 15.4. The fraction of sp³-hybridized carbons (Fsp3) is 0.462. The van der Waals surface area contributed by atoms with Crippen LogP contribution in [0.15, 0.2) is 24.3 Å². The molecule has 0 radical (unpaired) electrons. The summed E-state index contributed by atoms with van der Waals surface area (Å²) in [5.74, 6) is -0.133. The van der Waals surface area contributed by atoms with Gasteiger partial charge in [0.05, 0.1) is 6.54 Å². The standard InChI is InChI=1S/C13H19ClN2O2/c1-13(2,9-17)8-15-7-12(18)16-11-5-3-4-10(14)6-11/h3-6,15,17H,7-9H2,1-2H3,(H,16,18). The zero-order chi connectivity index (χ0) is 13.6. The molecule has 18 heavy (non-hydrogen) atoms. The van der Waals surface area contributed by atoms with Gasteiger partial charge in [0.2, 0.25) is 5.91 Å². The molecule has 1 aromatic carbocycles. The van der Waals surface area contributed by atoms with Crippen LogP contribution in [-0.4, -0.2) is 30.7 Å². The van der Waals surface area contributed by atoms with Crippen LogP contribution in [0.5, 0.6) is 0 Å². The first-order chi connectivity index (χ1) is 8.43. The van der Waals surface area contributed by atoms with Gasteiger partial charge in [0, 0.05) is 29.3 Å². The van der Waals surface area contributed by atoms with E-state index in [0.717, 1.165) is 0 Å². The number of benzene rings is 1. The minimum atomic E-state index is -0.226. The second-order valence-corrected chi connectivity index (χ2v) is 5.42. The Kier molecular flexibility index (Phi) is 5.59. The average Bonchev–Trinajstić information content (AvgIpc) is 2.28. The highest BCUT2D eigenvalue weighted by molar-refractivity contribution is 6.30. The summed E-state index contributed by atoms with van der Waals surface area (Å²) in [6, 6.07) is 7.00. The SMILES string of the molecule is CC(C)(CO)CNCC(=O)Nc1cccc(Cl)c1. The summed E-state index contributed by atoms with van der Waals surface area (Å²) in [7, 11) is 0. The number of carbonyl (C=O) groups excluding carboxylic acids is 1. The molecule has 0 fully saturated rings. The number of aliphatic hydroxyl groups excluding tert-OH is 1. The van der Waals surface area contributed by atoms with Crippen LogP contribution in [0.1, 0.15) is 13.8 Å². The van der Waals surface area contributed by atoms with Crippen molar-refractivity contribution >= 4 is 23.2 Å². The van der Waals surface area contributed by atoms with Crippen molar-refractivity contribution in [2.45, 2.75) is 13.8 Å². The third-order valence-corrected chi connectivity index (χ3v) is 2.66. The Morgan fingerprint density at radius 2 is 2.17 bits per heavy atom. The van der Waals surface area contributed by atoms with Gasteiger partial charge in [-0.05, 0) is 18.2 Å². The van der Waals surface area contributed by atoms with E-state index in [1.54, 1.807) is 24.3 Å². The number of rotatable bonds is 6. The van der Waals surface area contributed by atoms with Gasteiger partial charge in [0.1, 0.15) is 0 Å². The van der Waals surface area contributed by atoms with E-state index in [2.05, 4.69) is 10.6 Å². The quantitative estimate of drug-likeness (QED) is 0.740. The molecule has 1 rings (SSSR count). The van der Waals surface area contributed by atoms with E-state index < -0.39 is 0 Å². The van der Waals surface area contributed by atoms with E-state index in [9.17, 15) is 4.79 Å². The van der Waals surface area contributed by atoms with Crippen LogP contribution < -0.4 is 10.6 Å². The molecule has 0 saturated carbocycles. The summed E-state index contributed by atoms with van der Waals surface area (Å²) in [6.45, 7) is 4.71. The second-order valence-electron chi connectivity index (χ2n) is 4.98. The highest BCUT2D eigenvalue weighted by Gasteiger charge is 2.16. The lowest BCUT2D eigenvalue weighted by molar-refractivity contribution is -0.115. The number of halogens is 1. The lowest BCUT2D eigenvalue weighted by Gasteiger charge is -2.21. The Hall–Kier alpha value is -1.10. The van der Waals surface area contributed by atoms with Gasteiger partial charge >= 0.3 is 0 Å². The van der Waals surface area contributed by atoms with Gasteiger partial charge in [-0.3, -0.25) is 4.79 Å². The smallest absolute Gasteiger partial charge is 0.238 e. The molecule has 0 atom stereocenters. The third kappa shape index (κ3) is 5.49. The summed E-state index contributed by atoms with van der Waals surface area (Å²) in [5.41, 5.74) is 0.451. The largest absolute Gasteiger partial charge is 0.396 e. The number of carbonyl (C=O) groups is 1. The maximum atomic E-state index is 11.6. The van der Waals surface area contributed by atoms with Crippen molar-refractivity contribution in [2.24, 2.45) is 5.41 Å². The molecule has 0 heterocycles. The average molecular weight is 271 g/mol. The number of aliphatic hydroxyl groups is 1. The minimum absolute atomic E-state index is 0.0793. The number of anilines is 1. The Labute approximate surface area is 112 Å². The van der Waals surface area contributed by atoms with Gasteiger partial charge in [0.15, 0.2) is 0 Å². The maximum absolute atomic E-state index is 11.6. The molecule has 3 N–H and O–H groups in total. The van der Waals surface area contributed by atoms with Crippen LogP contribution in [0, 0.1) is 5.41 Å².